The normalized spacial score (nSPS) is 18.2. The minimum absolute atomic E-state index is 0.0457. The number of aromatic carboxylic acids is 1. The Bertz CT molecular complexity index is 1140. The molecule has 6 nitrogen and oxygen atoms in total. The Labute approximate surface area is 166 Å². The zero-order chi connectivity index (χ0) is 19.6. The monoisotopic (exact) mass is 395 g/mol. The fraction of sp³-hybridized carbons (Fsp3) is 0.381. The maximum absolute atomic E-state index is 12.5. The minimum Gasteiger partial charge on any atom is -0.477 e. The second-order valence-electron chi connectivity index (χ2n) is 8.00. The highest BCUT2D eigenvalue weighted by atomic mass is 32.1. The average molecular weight is 395 g/mol. The van der Waals surface area contributed by atoms with Crippen molar-refractivity contribution in [3.63, 3.8) is 0 Å². The van der Waals surface area contributed by atoms with Crippen LogP contribution in [0.3, 0.4) is 0 Å². The summed E-state index contributed by atoms with van der Waals surface area (Å²) < 4.78 is 4.03. The van der Waals surface area contributed by atoms with Crippen molar-refractivity contribution < 1.29 is 9.90 Å². The van der Waals surface area contributed by atoms with Crippen LogP contribution in [0.5, 0.6) is 0 Å². The number of hydrogen-bond acceptors (Lipinski definition) is 4. The van der Waals surface area contributed by atoms with Crippen LogP contribution in [0.2, 0.25) is 0 Å². The summed E-state index contributed by atoms with van der Waals surface area (Å²) in [7, 11) is 0. The number of thiophene rings is 1. The summed E-state index contributed by atoms with van der Waals surface area (Å²) in [6.45, 7) is 4.90. The maximum Gasteiger partial charge on any atom is 0.341 e. The molecule has 1 aliphatic heterocycles. The molecule has 0 bridgehead atoms. The van der Waals surface area contributed by atoms with Gasteiger partial charge in [0.2, 0.25) is 0 Å². The predicted octanol–water partition coefficient (Wildman–Crippen LogP) is 4.23. The Hall–Kier alpha value is -2.67. The lowest BCUT2D eigenvalue weighted by molar-refractivity contribution is 0.0694. The molecule has 1 saturated carbocycles. The molecule has 1 fully saturated rings. The van der Waals surface area contributed by atoms with Gasteiger partial charge in [-0.25, -0.2) is 4.79 Å². The standard InChI is InChI=1S/C21H21N3O3S/c1-11(2)15-10-24-20(14-8-16(25)13(21(26)27)9-23(14)15)18(17-4-3-7-28-17)19(22-24)12-5-6-12/h3-4,7-9,11-12,15H,5-6,10H2,1-2H3,(H,26,27)/t15-/m0/s1. The van der Waals surface area contributed by atoms with Gasteiger partial charge in [0.25, 0.3) is 0 Å². The molecule has 1 N–H and O–H groups in total. The first-order valence-corrected chi connectivity index (χ1v) is 10.5. The quantitative estimate of drug-likeness (QED) is 0.717. The van der Waals surface area contributed by atoms with Gasteiger partial charge >= 0.3 is 5.97 Å². The van der Waals surface area contributed by atoms with Crippen LogP contribution < -0.4 is 5.43 Å². The second kappa shape index (κ2) is 6.17. The van der Waals surface area contributed by atoms with Gasteiger partial charge in [0.05, 0.1) is 29.7 Å². The zero-order valence-corrected chi connectivity index (χ0v) is 16.6. The maximum atomic E-state index is 12.5. The predicted molar refractivity (Wildman–Crippen MR) is 108 cm³/mol. The topological polar surface area (TPSA) is 77.1 Å². The number of carbonyl (C=O) groups is 1. The van der Waals surface area contributed by atoms with Crippen molar-refractivity contribution >= 4 is 17.3 Å². The summed E-state index contributed by atoms with van der Waals surface area (Å²) in [6.07, 6.45) is 3.82. The van der Waals surface area contributed by atoms with Crippen molar-refractivity contribution in [3.8, 4) is 21.8 Å². The van der Waals surface area contributed by atoms with E-state index in [0.717, 1.165) is 40.4 Å². The molecule has 3 aromatic rings. The van der Waals surface area contributed by atoms with Crippen LogP contribution in [0.1, 0.15) is 54.7 Å². The molecule has 0 unspecified atom stereocenters. The summed E-state index contributed by atoms with van der Waals surface area (Å²) >= 11 is 1.67. The molecular weight excluding hydrogens is 374 g/mol. The number of carboxylic acid groups (broad SMARTS) is 1. The highest BCUT2D eigenvalue weighted by molar-refractivity contribution is 7.13. The molecule has 2 aliphatic rings. The molecule has 3 aromatic heterocycles. The van der Waals surface area contributed by atoms with Gasteiger partial charge in [-0.05, 0) is 30.2 Å². The largest absolute Gasteiger partial charge is 0.477 e. The van der Waals surface area contributed by atoms with Gasteiger partial charge < -0.3 is 9.67 Å². The highest BCUT2D eigenvalue weighted by Crippen LogP contribution is 2.49. The molecule has 1 aliphatic carbocycles. The van der Waals surface area contributed by atoms with Crippen LogP contribution in [-0.2, 0) is 6.54 Å². The van der Waals surface area contributed by atoms with E-state index >= 15 is 0 Å². The van der Waals surface area contributed by atoms with Crippen LogP contribution in [0.15, 0.2) is 34.6 Å². The third-order valence-corrected chi connectivity index (χ3v) is 6.64. The molecule has 4 heterocycles. The number of rotatable bonds is 4. The Balaban J connectivity index is 1.82. The Morgan fingerprint density at radius 2 is 2.14 bits per heavy atom. The van der Waals surface area contributed by atoms with Gasteiger partial charge in [-0.15, -0.1) is 11.3 Å². The van der Waals surface area contributed by atoms with Gasteiger partial charge in [-0.2, -0.15) is 5.10 Å². The highest BCUT2D eigenvalue weighted by Gasteiger charge is 2.37. The van der Waals surface area contributed by atoms with E-state index in [0.29, 0.717) is 12.5 Å². The number of fused-ring (bicyclic) bond motifs is 3. The molecule has 144 valence electrons. The first-order valence-electron chi connectivity index (χ1n) is 9.60. The van der Waals surface area contributed by atoms with E-state index in [1.807, 2.05) is 15.3 Å². The molecule has 7 heteroatoms. The third kappa shape index (κ3) is 2.57. The summed E-state index contributed by atoms with van der Waals surface area (Å²) in [5.74, 6) is -0.431. The lowest BCUT2D eigenvalue weighted by Crippen LogP contribution is -2.31. The summed E-state index contributed by atoms with van der Waals surface area (Å²) in [5, 5.41) is 16.5. The van der Waals surface area contributed by atoms with Gasteiger partial charge in [0.15, 0.2) is 5.43 Å². The van der Waals surface area contributed by atoms with Crippen LogP contribution in [0, 0.1) is 5.92 Å². The van der Waals surface area contributed by atoms with Crippen molar-refractivity contribution in [2.75, 3.05) is 0 Å². The van der Waals surface area contributed by atoms with Crippen molar-refractivity contribution in [2.24, 2.45) is 5.92 Å². The number of aromatic nitrogens is 3. The lowest BCUT2D eigenvalue weighted by Gasteiger charge is -2.32. The molecular formula is C21H21N3O3S. The number of pyridine rings is 1. The molecule has 5 rings (SSSR count). The summed E-state index contributed by atoms with van der Waals surface area (Å²) in [5.41, 5.74) is 3.29. The molecule has 0 saturated heterocycles. The molecule has 28 heavy (non-hydrogen) atoms. The van der Waals surface area contributed by atoms with Gasteiger partial charge in [0, 0.05) is 28.6 Å². The van der Waals surface area contributed by atoms with Crippen molar-refractivity contribution in [1.29, 1.82) is 0 Å². The van der Waals surface area contributed by atoms with Crippen molar-refractivity contribution in [3.05, 3.63) is 51.3 Å². The van der Waals surface area contributed by atoms with E-state index < -0.39 is 11.4 Å². The fourth-order valence-electron chi connectivity index (χ4n) is 4.15. The van der Waals surface area contributed by atoms with E-state index in [1.54, 1.807) is 11.3 Å². The van der Waals surface area contributed by atoms with E-state index in [2.05, 4.69) is 25.3 Å². The third-order valence-electron chi connectivity index (χ3n) is 5.75. The Morgan fingerprint density at radius 3 is 2.75 bits per heavy atom. The van der Waals surface area contributed by atoms with Crippen molar-refractivity contribution in [1.82, 2.24) is 14.3 Å². The number of hydrogen-bond donors (Lipinski definition) is 1. The number of nitrogens with zero attached hydrogens (tertiary/aromatic N) is 3. The average Bonchev–Trinajstić information content (AvgIpc) is 3.21. The van der Waals surface area contributed by atoms with Gasteiger partial charge in [-0.3, -0.25) is 9.48 Å². The molecule has 0 spiro atoms. The van der Waals surface area contributed by atoms with Crippen LogP contribution in [0.4, 0.5) is 0 Å². The van der Waals surface area contributed by atoms with E-state index in [-0.39, 0.29) is 17.5 Å². The van der Waals surface area contributed by atoms with Crippen molar-refractivity contribution in [2.45, 2.75) is 45.2 Å². The van der Waals surface area contributed by atoms with E-state index in [4.69, 9.17) is 5.10 Å². The molecule has 0 amide bonds. The van der Waals surface area contributed by atoms with E-state index in [9.17, 15) is 14.7 Å². The zero-order valence-electron chi connectivity index (χ0n) is 15.8. The second-order valence-corrected chi connectivity index (χ2v) is 8.95. The lowest BCUT2D eigenvalue weighted by atomic mass is 9.97. The number of carboxylic acids is 1. The van der Waals surface area contributed by atoms with Crippen LogP contribution in [0.25, 0.3) is 21.8 Å². The Kier molecular flexibility index (Phi) is 3.84. The SMILES string of the molecule is CC(C)[C@@H]1Cn2nc(C3CC3)c(-c3cccs3)c2-c2cc(=O)c(C(=O)O)cn21. The minimum atomic E-state index is -1.18. The van der Waals surface area contributed by atoms with Gasteiger partial charge in [0.1, 0.15) is 5.56 Å². The Morgan fingerprint density at radius 1 is 1.36 bits per heavy atom. The van der Waals surface area contributed by atoms with Crippen LogP contribution in [-0.4, -0.2) is 25.4 Å². The molecule has 0 aromatic carbocycles. The summed E-state index contributed by atoms with van der Waals surface area (Å²) in [6, 6.07) is 5.65. The fourth-order valence-corrected chi connectivity index (χ4v) is 4.93. The van der Waals surface area contributed by atoms with Gasteiger partial charge in [-0.1, -0.05) is 19.9 Å². The van der Waals surface area contributed by atoms with E-state index in [1.165, 1.54) is 12.3 Å². The first kappa shape index (κ1) is 17.4. The smallest absolute Gasteiger partial charge is 0.341 e. The summed E-state index contributed by atoms with van der Waals surface area (Å²) in [4.78, 5) is 25.3. The molecule has 0 radical (unpaired) electrons. The first-order chi connectivity index (χ1) is 13.5. The molecule has 1 atom stereocenters. The van der Waals surface area contributed by atoms with Crippen LogP contribution >= 0.6 is 11.3 Å².